The Morgan fingerprint density at radius 2 is 1.95 bits per heavy atom. The summed E-state index contributed by atoms with van der Waals surface area (Å²) in [4.78, 5) is 27.1. The van der Waals surface area contributed by atoms with E-state index in [1.165, 1.54) is 6.33 Å². The summed E-state index contributed by atoms with van der Waals surface area (Å²) in [6.45, 7) is 3.94. The Bertz CT molecular complexity index is 1270. The van der Waals surface area contributed by atoms with Crippen molar-refractivity contribution in [2.75, 3.05) is 5.73 Å². The lowest BCUT2D eigenvalue weighted by atomic mass is 9.75. The van der Waals surface area contributed by atoms with Gasteiger partial charge in [0, 0.05) is 12.4 Å². The van der Waals surface area contributed by atoms with Gasteiger partial charge in [-0.25, -0.2) is 14.5 Å². The molecule has 0 spiro atoms. The van der Waals surface area contributed by atoms with Gasteiger partial charge in [0.05, 0.1) is 18.4 Å². The summed E-state index contributed by atoms with van der Waals surface area (Å²) >= 11 is 0. The zero-order valence-corrected chi connectivity index (χ0v) is 21.9. The zero-order valence-electron chi connectivity index (χ0n) is 21.0. The highest BCUT2D eigenvalue weighted by Gasteiger charge is 2.37. The number of rotatable bonds is 7. The highest BCUT2D eigenvalue weighted by molar-refractivity contribution is 7.47. The quantitative estimate of drug-likeness (QED) is 0.473. The van der Waals surface area contributed by atoms with Crippen molar-refractivity contribution < 1.29 is 23.2 Å². The van der Waals surface area contributed by atoms with Crippen LogP contribution in [-0.2, 0) is 20.2 Å². The van der Waals surface area contributed by atoms with Crippen molar-refractivity contribution in [1.82, 2.24) is 15.0 Å². The third-order valence-corrected chi connectivity index (χ3v) is 8.14. The number of hydrogen-bond donors (Lipinski definition) is 2. The van der Waals surface area contributed by atoms with E-state index < -0.39 is 13.4 Å². The third kappa shape index (κ3) is 5.99. The van der Waals surface area contributed by atoms with Gasteiger partial charge in [0.1, 0.15) is 11.9 Å². The van der Waals surface area contributed by atoms with E-state index in [0.29, 0.717) is 29.2 Å². The molecule has 5 rings (SSSR count). The van der Waals surface area contributed by atoms with E-state index in [1.54, 1.807) is 24.5 Å². The predicted molar refractivity (Wildman–Crippen MR) is 139 cm³/mol. The first-order valence-corrected chi connectivity index (χ1v) is 14.0. The lowest BCUT2D eigenvalue weighted by Gasteiger charge is -2.35. The Labute approximate surface area is 216 Å². The second-order valence-electron chi connectivity index (χ2n) is 10.1. The summed E-state index contributed by atoms with van der Waals surface area (Å²) < 4.78 is 29.2. The molecule has 0 amide bonds. The topological polar surface area (TPSA) is 142 Å². The molecule has 2 unspecified atom stereocenters. The van der Waals surface area contributed by atoms with E-state index >= 15 is 0 Å². The minimum absolute atomic E-state index is 0.00548. The van der Waals surface area contributed by atoms with Crippen LogP contribution in [0.2, 0.25) is 0 Å². The molecule has 0 bridgehead atoms. The van der Waals surface area contributed by atoms with Gasteiger partial charge in [-0.15, -0.1) is 0 Å². The molecule has 3 aliphatic rings. The molecule has 3 heterocycles. The van der Waals surface area contributed by atoms with Crippen LogP contribution in [-0.4, -0.2) is 37.3 Å². The van der Waals surface area contributed by atoms with Crippen LogP contribution >= 0.6 is 7.82 Å². The van der Waals surface area contributed by atoms with Gasteiger partial charge in [-0.3, -0.25) is 14.0 Å². The fraction of sp³-hybridized carbons (Fsp3) is 0.462. The van der Waals surface area contributed by atoms with E-state index in [9.17, 15) is 9.46 Å². The minimum atomic E-state index is -4.13. The molecule has 0 saturated heterocycles. The first-order chi connectivity index (χ1) is 17.7. The van der Waals surface area contributed by atoms with Crippen LogP contribution in [0.1, 0.15) is 51.5 Å². The van der Waals surface area contributed by atoms with Crippen molar-refractivity contribution in [2.24, 2.45) is 16.8 Å². The summed E-state index contributed by atoms with van der Waals surface area (Å²) in [6.07, 6.45) is 15.1. The maximum Gasteiger partial charge on any atom is 0.472 e. The van der Waals surface area contributed by atoms with Gasteiger partial charge in [0.25, 0.3) is 0 Å². The van der Waals surface area contributed by atoms with Crippen LogP contribution in [0.5, 0.6) is 5.88 Å². The first-order valence-electron chi connectivity index (χ1n) is 12.5. The number of phosphoric ester groups is 1. The van der Waals surface area contributed by atoms with Gasteiger partial charge in [0.15, 0.2) is 11.5 Å². The number of aromatic nitrogens is 3. The monoisotopic (exact) mass is 525 g/mol. The standard InChI is InChI=1S/C26H32N5O5P/c1-26(2)23(31-22-24(27)29-16-30-25(22)35-26)20-5-3-18(4-6-20)19-7-9-21(10-8-19)36-37(32,33)34-15-17-11-13-28-14-12-17/h3,5-6,11-14,16,18-19,21H,4,7-10,15H2,1-2H3,(H,32,33)(H2,27,29,30)/t18?,19-,21-. The van der Waals surface area contributed by atoms with Gasteiger partial charge in [0.2, 0.25) is 5.88 Å². The van der Waals surface area contributed by atoms with E-state index in [2.05, 4.69) is 33.2 Å². The second kappa shape index (κ2) is 10.5. The fourth-order valence-corrected chi connectivity index (χ4v) is 6.10. The molecular weight excluding hydrogens is 493 g/mol. The number of nitrogens with two attached hydrogens (primary N) is 1. The van der Waals surface area contributed by atoms with E-state index in [0.717, 1.165) is 49.0 Å². The highest BCUT2D eigenvalue weighted by atomic mass is 31.2. The number of ether oxygens (including phenoxy) is 1. The van der Waals surface area contributed by atoms with Crippen LogP contribution in [0.3, 0.4) is 0 Å². The van der Waals surface area contributed by atoms with Crippen molar-refractivity contribution in [3.8, 4) is 5.88 Å². The minimum Gasteiger partial charge on any atom is -0.463 e. The fourth-order valence-electron chi connectivity index (χ4n) is 5.14. The average Bonchev–Trinajstić information content (AvgIpc) is 2.88. The zero-order chi connectivity index (χ0) is 26.0. The van der Waals surface area contributed by atoms with E-state index in [-0.39, 0.29) is 12.7 Å². The Kier molecular flexibility index (Phi) is 7.27. The molecule has 2 aromatic heterocycles. The molecule has 3 N–H and O–H groups in total. The second-order valence-corrected chi connectivity index (χ2v) is 11.5. The number of hydrogen-bond acceptors (Lipinski definition) is 9. The van der Waals surface area contributed by atoms with Gasteiger partial charge in [-0.05, 0) is 81.1 Å². The molecular formula is C26H32N5O5P. The van der Waals surface area contributed by atoms with Crippen LogP contribution in [0.15, 0.2) is 59.6 Å². The van der Waals surface area contributed by atoms with Crippen molar-refractivity contribution >= 4 is 25.0 Å². The molecule has 2 atom stereocenters. The van der Waals surface area contributed by atoms with Gasteiger partial charge < -0.3 is 15.4 Å². The molecule has 2 aliphatic carbocycles. The summed E-state index contributed by atoms with van der Waals surface area (Å²) in [6, 6.07) is 3.47. The first kappa shape index (κ1) is 25.7. The number of nitrogens with zero attached hydrogens (tertiary/aromatic N) is 4. The molecule has 0 aromatic carbocycles. The molecule has 10 nitrogen and oxygen atoms in total. The molecule has 1 aliphatic heterocycles. The largest absolute Gasteiger partial charge is 0.472 e. The Balaban J connectivity index is 1.15. The number of allylic oxidation sites excluding steroid dienone is 3. The maximum atomic E-state index is 12.4. The summed E-state index contributed by atoms with van der Waals surface area (Å²) in [5, 5.41) is 0. The number of anilines is 1. The highest BCUT2D eigenvalue weighted by Crippen LogP contribution is 2.49. The lowest BCUT2D eigenvalue weighted by molar-refractivity contribution is 0.0635. The van der Waals surface area contributed by atoms with E-state index in [1.807, 2.05) is 13.8 Å². The number of nitrogen functional groups attached to an aromatic ring is 1. The van der Waals surface area contributed by atoms with Gasteiger partial charge in [-0.1, -0.05) is 18.2 Å². The molecule has 11 heteroatoms. The average molecular weight is 526 g/mol. The summed E-state index contributed by atoms with van der Waals surface area (Å²) in [7, 11) is -4.13. The molecule has 37 heavy (non-hydrogen) atoms. The van der Waals surface area contributed by atoms with Crippen molar-refractivity contribution in [1.29, 1.82) is 0 Å². The molecule has 1 saturated carbocycles. The van der Waals surface area contributed by atoms with Gasteiger partial charge in [-0.2, -0.15) is 4.98 Å². The SMILES string of the molecule is CC1(C)Oc2ncnc(N)c2N=C1C1=CCC([C@H]2CC[C@H](OP(=O)(O)OCc3ccncc3)CC2)C=C1. The Hall–Kier alpha value is -2.91. The lowest BCUT2D eigenvalue weighted by Crippen LogP contribution is -2.41. The number of pyridine rings is 1. The summed E-state index contributed by atoms with van der Waals surface area (Å²) in [5.74, 6) is 1.56. The predicted octanol–water partition coefficient (Wildman–Crippen LogP) is 5.09. The van der Waals surface area contributed by atoms with Crippen molar-refractivity contribution in [2.45, 2.75) is 64.3 Å². The molecule has 1 fully saturated rings. The Morgan fingerprint density at radius 3 is 2.65 bits per heavy atom. The third-order valence-electron chi connectivity index (χ3n) is 7.12. The van der Waals surface area contributed by atoms with Crippen LogP contribution in [0.25, 0.3) is 0 Å². The number of fused-ring (bicyclic) bond motifs is 1. The molecule has 2 aromatic rings. The van der Waals surface area contributed by atoms with Crippen molar-refractivity contribution in [3.63, 3.8) is 0 Å². The van der Waals surface area contributed by atoms with E-state index in [4.69, 9.17) is 24.5 Å². The van der Waals surface area contributed by atoms with Crippen LogP contribution in [0.4, 0.5) is 11.5 Å². The normalized spacial score (nSPS) is 26.3. The van der Waals surface area contributed by atoms with Crippen LogP contribution in [0, 0.1) is 11.8 Å². The molecule has 0 radical (unpaired) electrons. The molecule has 196 valence electrons. The van der Waals surface area contributed by atoms with Crippen molar-refractivity contribution in [3.05, 3.63) is 60.2 Å². The Morgan fingerprint density at radius 1 is 1.19 bits per heavy atom. The van der Waals surface area contributed by atoms with Gasteiger partial charge >= 0.3 is 7.82 Å². The smallest absolute Gasteiger partial charge is 0.463 e. The maximum absolute atomic E-state index is 12.4. The number of aliphatic imine (C=N–C) groups is 1. The number of phosphoric acid groups is 1. The summed E-state index contributed by atoms with van der Waals surface area (Å²) in [5.41, 5.74) is 8.41. The van der Waals surface area contributed by atoms with Crippen LogP contribution < -0.4 is 10.5 Å².